The van der Waals surface area contributed by atoms with Gasteiger partial charge < -0.3 is 15.8 Å². The lowest BCUT2D eigenvalue weighted by Crippen LogP contribution is -2.15. The molecule has 0 spiro atoms. The SMILES string of the molecule is NCC#Cc1ccccc1NC(=O)CCC1CCCO1. The summed E-state index contributed by atoms with van der Waals surface area (Å²) in [5, 5.41) is 2.91. The topological polar surface area (TPSA) is 64.3 Å². The Kier molecular flexibility index (Phi) is 5.60. The molecule has 0 saturated carbocycles. The van der Waals surface area contributed by atoms with Crippen LogP contribution >= 0.6 is 0 Å². The van der Waals surface area contributed by atoms with Gasteiger partial charge in [0.05, 0.1) is 18.3 Å². The first kappa shape index (κ1) is 14.6. The molecule has 1 aliphatic heterocycles. The van der Waals surface area contributed by atoms with E-state index in [4.69, 9.17) is 10.5 Å². The summed E-state index contributed by atoms with van der Waals surface area (Å²) in [6, 6.07) is 7.49. The minimum Gasteiger partial charge on any atom is -0.378 e. The van der Waals surface area contributed by atoms with Gasteiger partial charge in [0.15, 0.2) is 0 Å². The van der Waals surface area contributed by atoms with Crippen LogP contribution in [-0.2, 0) is 9.53 Å². The Morgan fingerprint density at radius 3 is 3.05 bits per heavy atom. The monoisotopic (exact) mass is 272 g/mol. The highest BCUT2D eigenvalue weighted by molar-refractivity contribution is 5.92. The van der Waals surface area contributed by atoms with Gasteiger partial charge >= 0.3 is 0 Å². The van der Waals surface area contributed by atoms with E-state index < -0.39 is 0 Å². The predicted octanol–water partition coefficient (Wildman–Crippen LogP) is 1.89. The molecule has 0 radical (unpaired) electrons. The van der Waals surface area contributed by atoms with E-state index in [-0.39, 0.29) is 12.0 Å². The molecule has 1 fully saturated rings. The summed E-state index contributed by atoms with van der Waals surface area (Å²) in [6.07, 6.45) is 3.66. The Morgan fingerprint density at radius 2 is 2.30 bits per heavy atom. The van der Waals surface area contributed by atoms with Crippen LogP contribution in [0.15, 0.2) is 24.3 Å². The maximum Gasteiger partial charge on any atom is 0.224 e. The molecule has 0 aromatic heterocycles. The first-order valence-electron chi connectivity index (χ1n) is 6.99. The molecule has 1 aromatic rings. The molecule has 1 atom stereocenters. The minimum atomic E-state index is 0.00231. The van der Waals surface area contributed by atoms with Crippen molar-refractivity contribution >= 4 is 11.6 Å². The number of nitrogens with one attached hydrogen (secondary N) is 1. The van der Waals surface area contributed by atoms with Gasteiger partial charge in [0.25, 0.3) is 0 Å². The number of hydrogen-bond acceptors (Lipinski definition) is 3. The summed E-state index contributed by atoms with van der Waals surface area (Å²) in [5.74, 6) is 5.76. The Morgan fingerprint density at radius 1 is 1.45 bits per heavy atom. The predicted molar refractivity (Wildman–Crippen MR) is 79.2 cm³/mol. The number of benzene rings is 1. The average Bonchev–Trinajstić information content (AvgIpc) is 2.97. The molecule has 0 bridgehead atoms. The third-order valence-corrected chi connectivity index (χ3v) is 3.24. The van der Waals surface area contributed by atoms with E-state index in [1.54, 1.807) is 0 Å². The van der Waals surface area contributed by atoms with Crippen molar-refractivity contribution in [2.24, 2.45) is 5.73 Å². The molecule has 0 aliphatic carbocycles. The van der Waals surface area contributed by atoms with Crippen LogP contribution in [0.2, 0.25) is 0 Å². The molecule has 1 heterocycles. The number of amides is 1. The number of ether oxygens (including phenoxy) is 1. The van der Waals surface area contributed by atoms with Crippen molar-refractivity contribution in [1.82, 2.24) is 0 Å². The highest BCUT2D eigenvalue weighted by atomic mass is 16.5. The first-order valence-corrected chi connectivity index (χ1v) is 6.99. The van der Waals surface area contributed by atoms with Crippen LogP contribution in [0, 0.1) is 11.8 Å². The normalized spacial score (nSPS) is 17.4. The second-order valence-electron chi connectivity index (χ2n) is 4.77. The molecular formula is C16H20N2O2. The smallest absolute Gasteiger partial charge is 0.224 e. The molecule has 1 aromatic carbocycles. The average molecular weight is 272 g/mol. The van der Waals surface area contributed by atoms with Crippen LogP contribution in [0.3, 0.4) is 0 Å². The number of rotatable bonds is 4. The van der Waals surface area contributed by atoms with Crippen molar-refractivity contribution in [1.29, 1.82) is 0 Å². The molecule has 2 rings (SSSR count). The van der Waals surface area contributed by atoms with Crippen molar-refractivity contribution < 1.29 is 9.53 Å². The fourth-order valence-corrected chi connectivity index (χ4v) is 2.22. The summed E-state index contributed by atoms with van der Waals surface area (Å²) in [6.45, 7) is 1.13. The molecule has 20 heavy (non-hydrogen) atoms. The second-order valence-corrected chi connectivity index (χ2v) is 4.77. The number of carbonyl (C=O) groups is 1. The van der Waals surface area contributed by atoms with Gasteiger partial charge in [-0.05, 0) is 31.4 Å². The summed E-state index contributed by atoms with van der Waals surface area (Å²) in [5.41, 5.74) is 6.91. The first-order chi connectivity index (χ1) is 9.79. The quantitative estimate of drug-likeness (QED) is 0.823. The van der Waals surface area contributed by atoms with E-state index in [9.17, 15) is 4.79 Å². The number of carbonyl (C=O) groups excluding carboxylic acids is 1. The second kappa shape index (κ2) is 7.68. The van der Waals surface area contributed by atoms with Gasteiger partial charge in [-0.1, -0.05) is 24.0 Å². The third kappa shape index (κ3) is 4.37. The maximum atomic E-state index is 12.0. The Bertz CT molecular complexity index is 511. The molecule has 1 saturated heterocycles. The molecule has 106 valence electrons. The van der Waals surface area contributed by atoms with Crippen LogP contribution in [0.25, 0.3) is 0 Å². The summed E-state index contributed by atoms with van der Waals surface area (Å²) < 4.78 is 5.51. The third-order valence-electron chi connectivity index (χ3n) is 3.24. The van der Waals surface area contributed by atoms with Gasteiger partial charge in [-0.25, -0.2) is 0 Å². The summed E-state index contributed by atoms with van der Waals surface area (Å²) in [4.78, 5) is 12.0. The van der Waals surface area contributed by atoms with Gasteiger partial charge in [0.1, 0.15) is 0 Å². The van der Waals surface area contributed by atoms with Crippen molar-refractivity contribution in [3.05, 3.63) is 29.8 Å². The summed E-state index contributed by atoms with van der Waals surface area (Å²) >= 11 is 0. The van der Waals surface area contributed by atoms with E-state index in [0.29, 0.717) is 13.0 Å². The van der Waals surface area contributed by atoms with Gasteiger partial charge in [-0.15, -0.1) is 0 Å². The van der Waals surface area contributed by atoms with Crippen LogP contribution in [-0.4, -0.2) is 25.2 Å². The number of para-hydroxylation sites is 1. The highest BCUT2D eigenvalue weighted by Gasteiger charge is 2.16. The zero-order valence-corrected chi connectivity index (χ0v) is 11.5. The van der Waals surface area contributed by atoms with Gasteiger partial charge in [-0.3, -0.25) is 4.79 Å². The van der Waals surface area contributed by atoms with E-state index in [2.05, 4.69) is 17.2 Å². The van der Waals surface area contributed by atoms with E-state index in [1.807, 2.05) is 24.3 Å². The van der Waals surface area contributed by atoms with Crippen molar-refractivity contribution in [2.45, 2.75) is 31.8 Å². The van der Waals surface area contributed by atoms with Gasteiger partial charge in [-0.2, -0.15) is 0 Å². The van der Waals surface area contributed by atoms with Gasteiger partial charge in [0.2, 0.25) is 5.91 Å². The fourth-order valence-electron chi connectivity index (χ4n) is 2.22. The van der Waals surface area contributed by atoms with Crippen molar-refractivity contribution in [3.63, 3.8) is 0 Å². The number of anilines is 1. The Balaban J connectivity index is 1.90. The molecule has 1 unspecified atom stereocenters. The lowest BCUT2D eigenvalue weighted by Gasteiger charge is -2.10. The summed E-state index contributed by atoms with van der Waals surface area (Å²) in [7, 11) is 0. The maximum absolute atomic E-state index is 12.0. The largest absolute Gasteiger partial charge is 0.378 e. The van der Waals surface area contributed by atoms with Crippen molar-refractivity contribution in [3.8, 4) is 11.8 Å². The molecule has 4 heteroatoms. The van der Waals surface area contributed by atoms with Crippen LogP contribution in [0.4, 0.5) is 5.69 Å². The molecular weight excluding hydrogens is 252 g/mol. The van der Waals surface area contributed by atoms with Crippen LogP contribution in [0.1, 0.15) is 31.2 Å². The van der Waals surface area contributed by atoms with E-state index in [0.717, 1.165) is 37.1 Å². The molecule has 4 nitrogen and oxygen atoms in total. The lowest BCUT2D eigenvalue weighted by atomic mass is 10.1. The van der Waals surface area contributed by atoms with E-state index >= 15 is 0 Å². The number of nitrogens with two attached hydrogens (primary N) is 1. The van der Waals surface area contributed by atoms with E-state index in [1.165, 1.54) is 0 Å². The number of hydrogen-bond donors (Lipinski definition) is 2. The zero-order chi connectivity index (χ0) is 14.2. The van der Waals surface area contributed by atoms with Crippen LogP contribution < -0.4 is 11.1 Å². The molecule has 1 aliphatic rings. The Hall–Kier alpha value is -1.83. The fraction of sp³-hybridized carbons (Fsp3) is 0.438. The molecule has 3 N–H and O–H groups in total. The zero-order valence-electron chi connectivity index (χ0n) is 11.5. The van der Waals surface area contributed by atoms with Gasteiger partial charge in [0, 0.05) is 18.6 Å². The minimum absolute atomic E-state index is 0.00231. The van der Waals surface area contributed by atoms with Crippen molar-refractivity contribution in [2.75, 3.05) is 18.5 Å². The molecule has 1 amide bonds. The van der Waals surface area contributed by atoms with Crippen LogP contribution in [0.5, 0.6) is 0 Å². The standard InChI is InChI=1S/C16H20N2O2/c17-11-3-6-13-5-1-2-8-15(13)18-16(19)10-9-14-7-4-12-20-14/h1-2,5,8,14H,4,7,9-12,17H2,(H,18,19). The lowest BCUT2D eigenvalue weighted by molar-refractivity contribution is -0.116. The Labute approximate surface area is 119 Å². The highest BCUT2D eigenvalue weighted by Crippen LogP contribution is 2.18.